The lowest BCUT2D eigenvalue weighted by molar-refractivity contribution is -0.152. The second-order valence-corrected chi connectivity index (χ2v) is 9.41. The molecule has 0 saturated carbocycles. The molecule has 2 aromatic carbocycles. The van der Waals surface area contributed by atoms with E-state index in [2.05, 4.69) is 0 Å². The Morgan fingerprint density at radius 2 is 1.61 bits per heavy atom. The Labute approximate surface area is 216 Å². The quantitative estimate of drug-likeness (QED) is 0.173. The highest BCUT2D eigenvalue weighted by Gasteiger charge is 2.48. The van der Waals surface area contributed by atoms with Gasteiger partial charge in [-0.2, -0.15) is 0 Å². The van der Waals surface area contributed by atoms with Gasteiger partial charge in [-0.1, -0.05) is 34.9 Å². The average molecular weight is 530 g/mol. The van der Waals surface area contributed by atoms with Gasteiger partial charge in [-0.3, -0.25) is 24.1 Å². The van der Waals surface area contributed by atoms with Crippen LogP contribution in [0.5, 0.6) is 5.75 Å². The molecule has 2 aliphatic rings. The van der Waals surface area contributed by atoms with Crippen LogP contribution in [0.3, 0.4) is 0 Å². The van der Waals surface area contributed by atoms with Crippen molar-refractivity contribution in [2.75, 3.05) is 13.2 Å². The Morgan fingerprint density at radius 3 is 2.31 bits per heavy atom. The third kappa shape index (κ3) is 5.50. The van der Waals surface area contributed by atoms with Crippen molar-refractivity contribution in [2.24, 2.45) is 11.8 Å². The van der Waals surface area contributed by atoms with Gasteiger partial charge >= 0.3 is 11.9 Å². The second kappa shape index (κ2) is 10.6. The molecular weight excluding hydrogens is 509 g/mol. The number of amides is 2. The predicted molar refractivity (Wildman–Crippen MR) is 130 cm³/mol. The molecule has 0 radical (unpaired) electrons. The van der Waals surface area contributed by atoms with Crippen molar-refractivity contribution < 1.29 is 33.4 Å². The number of hydrogen-bond donors (Lipinski definition) is 0. The lowest BCUT2D eigenvalue weighted by Crippen LogP contribution is -2.37. The molecule has 0 N–H and O–H groups in total. The van der Waals surface area contributed by atoms with E-state index in [1.807, 2.05) is 13.0 Å². The van der Waals surface area contributed by atoms with Crippen molar-refractivity contribution in [2.45, 2.75) is 19.8 Å². The molecule has 1 fully saturated rings. The van der Waals surface area contributed by atoms with Gasteiger partial charge in [0.05, 0.1) is 27.4 Å². The highest BCUT2D eigenvalue weighted by atomic mass is 35.5. The Balaban J connectivity index is 1.28. The van der Waals surface area contributed by atoms with Crippen LogP contribution in [-0.4, -0.2) is 47.6 Å². The van der Waals surface area contributed by atoms with Gasteiger partial charge in [0, 0.05) is 5.56 Å². The summed E-state index contributed by atoms with van der Waals surface area (Å²) in [5, 5.41) is 0.520. The van der Waals surface area contributed by atoms with Gasteiger partial charge in [0.1, 0.15) is 12.3 Å². The number of rotatable bonds is 7. The number of fused-ring (bicyclic) bond motifs is 1. The number of ketones is 1. The zero-order chi connectivity index (χ0) is 26.0. The monoisotopic (exact) mass is 529 g/mol. The summed E-state index contributed by atoms with van der Waals surface area (Å²) in [4.78, 5) is 62.9. The topological polar surface area (TPSA) is 107 Å². The van der Waals surface area contributed by atoms with E-state index in [-0.39, 0.29) is 33.7 Å². The van der Waals surface area contributed by atoms with Gasteiger partial charge in [0.2, 0.25) is 11.8 Å². The number of halogens is 2. The molecule has 1 saturated heterocycles. The summed E-state index contributed by atoms with van der Waals surface area (Å²) < 4.78 is 10.3. The van der Waals surface area contributed by atoms with Gasteiger partial charge in [-0.25, -0.2) is 4.79 Å². The average Bonchev–Trinajstić information content (AvgIpc) is 3.08. The van der Waals surface area contributed by atoms with Crippen LogP contribution >= 0.6 is 23.2 Å². The van der Waals surface area contributed by atoms with E-state index >= 15 is 0 Å². The third-order valence-corrected chi connectivity index (χ3v) is 6.85. The number of allylic oxidation sites excluding steroid dienone is 2. The molecule has 2 unspecified atom stereocenters. The number of likely N-dealkylation sites (tertiary alicyclic amines) is 1. The molecule has 36 heavy (non-hydrogen) atoms. The van der Waals surface area contributed by atoms with Crippen molar-refractivity contribution in [1.29, 1.82) is 0 Å². The van der Waals surface area contributed by atoms with Crippen molar-refractivity contribution in [1.82, 2.24) is 4.90 Å². The van der Waals surface area contributed by atoms with E-state index in [1.165, 1.54) is 42.5 Å². The number of nitrogens with zero attached hydrogens (tertiary/aromatic N) is 1. The fourth-order valence-corrected chi connectivity index (χ4v) is 4.46. The van der Waals surface area contributed by atoms with Crippen molar-refractivity contribution in [3.05, 3.63) is 75.3 Å². The summed E-state index contributed by atoms with van der Waals surface area (Å²) >= 11 is 11.8. The number of esters is 2. The van der Waals surface area contributed by atoms with E-state index in [0.29, 0.717) is 17.9 Å². The van der Waals surface area contributed by atoms with Crippen LogP contribution in [0.25, 0.3) is 0 Å². The largest absolute Gasteiger partial charge is 0.456 e. The highest BCUT2D eigenvalue weighted by Crippen LogP contribution is 2.37. The number of ether oxygens (including phenoxy) is 2. The van der Waals surface area contributed by atoms with Crippen LogP contribution < -0.4 is 4.74 Å². The van der Waals surface area contributed by atoms with Gasteiger partial charge in [0.15, 0.2) is 12.4 Å². The molecule has 1 aliphatic heterocycles. The van der Waals surface area contributed by atoms with Crippen molar-refractivity contribution in [3.8, 4) is 5.75 Å². The maximum absolute atomic E-state index is 12.6. The van der Waals surface area contributed by atoms with Crippen LogP contribution in [0.4, 0.5) is 0 Å². The van der Waals surface area contributed by atoms with Crippen LogP contribution in [0, 0.1) is 11.8 Å². The minimum atomic E-state index is -0.847. The molecule has 2 atom stereocenters. The number of benzene rings is 2. The van der Waals surface area contributed by atoms with Gasteiger partial charge in [-0.05, 0) is 62.2 Å². The molecule has 2 amide bonds. The fraction of sp³-hybridized carbons (Fsp3) is 0.269. The lowest BCUT2D eigenvalue weighted by Gasteiger charge is -2.19. The standard InChI is InChI=1S/C26H21Cl2NO7/c1-14-2-8-18-19(10-14)25(33)29(24(18)32)12-23(31)35-13-22(30)15-3-6-17(7-4-15)36-26(34)16-5-9-20(27)21(28)11-16/h2-7,9,11,18-19H,8,10,12-13H2,1H3. The molecule has 10 heteroatoms. The molecule has 0 aromatic heterocycles. The zero-order valence-electron chi connectivity index (χ0n) is 19.2. The van der Waals surface area contributed by atoms with Gasteiger partial charge in [-0.15, -0.1) is 0 Å². The van der Waals surface area contributed by atoms with Crippen LogP contribution in [0.2, 0.25) is 10.0 Å². The molecule has 4 rings (SSSR count). The highest BCUT2D eigenvalue weighted by molar-refractivity contribution is 6.42. The normalized spacial score (nSPS) is 19.0. The number of Topliss-reactive ketones (excluding diaryl/α,β-unsaturated/α-hetero) is 1. The van der Waals surface area contributed by atoms with Crippen LogP contribution in [-0.2, 0) is 19.1 Å². The first-order chi connectivity index (χ1) is 17.1. The Morgan fingerprint density at radius 1 is 0.944 bits per heavy atom. The van der Waals surface area contributed by atoms with Crippen LogP contribution in [0.15, 0.2) is 54.1 Å². The molecule has 1 heterocycles. The summed E-state index contributed by atoms with van der Waals surface area (Å²) in [6.45, 7) is 0.814. The van der Waals surface area contributed by atoms with E-state index in [0.717, 1.165) is 10.5 Å². The van der Waals surface area contributed by atoms with E-state index in [9.17, 15) is 24.0 Å². The van der Waals surface area contributed by atoms with Crippen molar-refractivity contribution >= 4 is 52.7 Å². The first kappa shape index (κ1) is 25.6. The second-order valence-electron chi connectivity index (χ2n) is 8.59. The Hall–Kier alpha value is -3.49. The Kier molecular flexibility index (Phi) is 7.56. The number of imide groups is 1. The minimum Gasteiger partial charge on any atom is -0.456 e. The maximum atomic E-state index is 12.6. The minimum absolute atomic E-state index is 0.192. The smallest absolute Gasteiger partial charge is 0.343 e. The number of carbonyl (C=O) groups is 5. The summed E-state index contributed by atoms with van der Waals surface area (Å²) in [6.07, 6.45) is 2.91. The summed E-state index contributed by atoms with van der Waals surface area (Å²) in [5.74, 6) is -3.47. The van der Waals surface area contributed by atoms with Gasteiger partial charge < -0.3 is 9.47 Å². The third-order valence-electron chi connectivity index (χ3n) is 6.11. The molecule has 0 bridgehead atoms. The maximum Gasteiger partial charge on any atom is 0.343 e. The predicted octanol–water partition coefficient (Wildman–Crippen LogP) is 4.28. The van der Waals surface area contributed by atoms with E-state index < -0.39 is 42.7 Å². The molecule has 2 aromatic rings. The summed E-state index contributed by atoms with van der Waals surface area (Å²) in [5.41, 5.74) is 1.47. The molecular formula is C26H21Cl2NO7. The van der Waals surface area contributed by atoms with E-state index in [1.54, 1.807) is 0 Å². The molecule has 0 spiro atoms. The lowest BCUT2D eigenvalue weighted by atomic mass is 9.82. The molecule has 186 valence electrons. The Bertz CT molecular complexity index is 1290. The van der Waals surface area contributed by atoms with Gasteiger partial charge in [0.25, 0.3) is 0 Å². The number of carbonyl (C=O) groups excluding carboxylic acids is 5. The first-order valence-corrected chi connectivity index (χ1v) is 11.9. The zero-order valence-corrected chi connectivity index (χ0v) is 20.7. The summed E-state index contributed by atoms with van der Waals surface area (Å²) in [7, 11) is 0. The number of hydrogen-bond acceptors (Lipinski definition) is 7. The molecule has 1 aliphatic carbocycles. The van der Waals surface area contributed by atoms with Crippen molar-refractivity contribution in [3.63, 3.8) is 0 Å². The fourth-order valence-electron chi connectivity index (χ4n) is 4.16. The first-order valence-electron chi connectivity index (χ1n) is 11.1. The van der Waals surface area contributed by atoms with Crippen LogP contribution in [0.1, 0.15) is 40.5 Å². The summed E-state index contributed by atoms with van der Waals surface area (Å²) in [6, 6.07) is 10.0. The SMILES string of the molecule is CC1=CCC2C(=O)N(CC(=O)OCC(=O)c3ccc(OC(=O)c4ccc(Cl)c(Cl)c4)cc3)C(=O)C2C1. The molecule has 8 nitrogen and oxygen atoms in total. The van der Waals surface area contributed by atoms with E-state index in [4.69, 9.17) is 32.7 Å².